The third-order valence-corrected chi connectivity index (χ3v) is 1.96. The molecule has 0 saturated carbocycles. The van der Waals surface area contributed by atoms with Crippen molar-refractivity contribution in [3.8, 4) is 5.75 Å². The fraction of sp³-hybridized carbons (Fsp3) is 0. The molecule has 0 amide bonds. The highest BCUT2D eigenvalue weighted by Gasteiger charge is 2.09. The molecule has 0 aliphatic carbocycles. The predicted molar refractivity (Wildman–Crippen MR) is 42.8 cm³/mol. The zero-order chi connectivity index (χ0) is 7.68. The maximum absolute atomic E-state index is 10.7. The van der Waals surface area contributed by atoms with Crippen molar-refractivity contribution in [3.63, 3.8) is 0 Å². The van der Waals surface area contributed by atoms with Crippen LogP contribution in [0.1, 0.15) is 5.56 Å². The summed E-state index contributed by atoms with van der Waals surface area (Å²) in [5.41, 5.74) is 0.868. The third-order valence-electron chi connectivity index (χ3n) is 1.36. The van der Waals surface area contributed by atoms with Gasteiger partial charge in [0, 0.05) is 5.56 Å². The molecule has 1 aliphatic rings. The van der Waals surface area contributed by atoms with E-state index in [0.29, 0.717) is 5.75 Å². The Kier molecular flexibility index (Phi) is 1.47. The normalized spacial score (nSPS) is 20.5. The van der Waals surface area contributed by atoms with Gasteiger partial charge in [0.05, 0.1) is 6.21 Å². The van der Waals surface area contributed by atoms with Crippen LogP contribution in [0, 0.1) is 0 Å². The molecule has 0 spiro atoms. The Morgan fingerprint density at radius 1 is 1.36 bits per heavy atom. The monoisotopic (exact) mass is 167 g/mol. The van der Waals surface area contributed by atoms with Crippen molar-refractivity contribution >= 4 is 17.5 Å². The summed E-state index contributed by atoms with van der Waals surface area (Å²) in [5.74, 6) is 0.626. The highest BCUT2D eigenvalue weighted by atomic mass is 32.2. The van der Waals surface area contributed by atoms with Gasteiger partial charge in [-0.15, -0.1) is 0 Å². The molecular formula is C7H5NO2S. The van der Waals surface area contributed by atoms with Crippen molar-refractivity contribution in [1.29, 1.82) is 0 Å². The maximum atomic E-state index is 10.7. The van der Waals surface area contributed by atoms with Gasteiger partial charge in [0.15, 0.2) is 5.75 Å². The Morgan fingerprint density at radius 3 is 3.09 bits per heavy atom. The van der Waals surface area contributed by atoms with Gasteiger partial charge in [-0.1, -0.05) is 12.1 Å². The lowest BCUT2D eigenvalue weighted by atomic mass is 10.2. The van der Waals surface area contributed by atoms with Crippen LogP contribution in [-0.2, 0) is 11.3 Å². The van der Waals surface area contributed by atoms with Crippen LogP contribution >= 0.6 is 0 Å². The predicted octanol–water partition coefficient (Wildman–Crippen LogP) is 1.08. The standard InChI is InChI=1S/C7H5NO2S/c9-11-8-5-6-3-1-2-4-7(6)10-11/h1-5H. The first-order valence-electron chi connectivity index (χ1n) is 3.09. The summed E-state index contributed by atoms with van der Waals surface area (Å²) in [5, 5.41) is 0. The van der Waals surface area contributed by atoms with Crippen molar-refractivity contribution in [1.82, 2.24) is 0 Å². The molecule has 1 aromatic carbocycles. The molecule has 3 nitrogen and oxygen atoms in total. The first-order chi connectivity index (χ1) is 5.36. The van der Waals surface area contributed by atoms with E-state index in [2.05, 4.69) is 4.40 Å². The van der Waals surface area contributed by atoms with Crippen LogP contribution in [0.25, 0.3) is 0 Å². The number of benzene rings is 1. The molecule has 1 heterocycles. The highest BCUT2D eigenvalue weighted by Crippen LogP contribution is 2.20. The average Bonchev–Trinajstić information content (AvgIpc) is 2.04. The van der Waals surface area contributed by atoms with E-state index >= 15 is 0 Å². The van der Waals surface area contributed by atoms with Crippen LogP contribution in [0.5, 0.6) is 5.75 Å². The molecule has 0 bridgehead atoms. The van der Waals surface area contributed by atoms with Crippen molar-refractivity contribution in [2.45, 2.75) is 0 Å². The minimum atomic E-state index is -1.53. The molecule has 0 aromatic heterocycles. The molecule has 1 atom stereocenters. The Morgan fingerprint density at radius 2 is 2.18 bits per heavy atom. The summed E-state index contributed by atoms with van der Waals surface area (Å²) in [7, 11) is 0. The van der Waals surface area contributed by atoms with E-state index in [0.717, 1.165) is 5.56 Å². The SMILES string of the molecule is O=S1N=Cc2ccccc2O1. The molecule has 11 heavy (non-hydrogen) atoms. The number of fused-ring (bicyclic) bond motifs is 1. The number of hydrogen-bond acceptors (Lipinski definition) is 2. The van der Waals surface area contributed by atoms with Crippen molar-refractivity contribution in [2.24, 2.45) is 4.40 Å². The summed E-state index contributed by atoms with van der Waals surface area (Å²) >= 11 is -1.53. The highest BCUT2D eigenvalue weighted by molar-refractivity contribution is 7.79. The topological polar surface area (TPSA) is 38.7 Å². The smallest absolute Gasteiger partial charge is 0.338 e. The molecule has 0 fully saturated rings. The summed E-state index contributed by atoms with van der Waals surface area (Å²) in [4.78, 5) is 0. The molecule has 0 saturated heterocycles. The van der Waals surface area contributed by atoms with Crippen LogP contribution in [-0.4, -0.2) is 10.4 Å². The molecule has 1 unspecified atom stereocenters. The van der Waals surface area contributed by atoms with Gasteiger partial charge >= 0.3 is 11.3 Å². The van der Waals surface area contributed by atoms with Gasteiger partial charge in [-0.25, -0.2) is 0 Å². The second-order valence-electron chi connectivity index (χ2n) is 2.07. The summed E-state index contributed by atoms with van der Waals surface area (Å²) in [6.07, 6.45) is 1.55. The van der Waals surface area contributed by atoms with Crippen molar-refractivity contribution < 1.29 is 8.39 Å². The zero-order valence-corrected chi connectivity index (χ0v) is 6.38. The van der Waals surface area contributed by atoms with Crippen LogP contribution in [0.4, 0.5) is 0 Å². The Balaban J connectivity index is 2.54. The summed E-state index contributed by atoms with van der Waals surface area (Å²) in [6, 6.07) is 7.32. The first-order valence-corrected chi connectivity index (χ1v) is 4.13. The first kappa shape index (κ1) is 6.54. The van der Waals surface area contributed by atoms with Crippen LogP contribution in [0.15, 0.2) is 28.7 Å². The van der Waals surface area contributed by atoms with Gasteiger partial charge in [0.1, 0.15) is 0 Å². The Labute approximate surface area is 66.5 Å². The van der Waals surface area contributed by atoms with Crippen LogP contribution in [0.3, 0.4) is 0 Å². The lowest BCUT2D eigenvalue weighted by Gasteiger charge is -2.07. The Hall–Kier alpha value is -1.16. The minimum Gasteiger partial charge on any atom is -0.383 e. The van der Waals surface area contributed by atoms with Gasteiger partial charge in [0.2, 0.25) is 0 Å². The second-order valence-corrected chi connectivity index (χ2v) is 2.88. The van der Waals surface area contributed by atoms with Gasteiger partial charge in [-0.05, 0) is 12.1 Å². The Bertz CT molecular complexity index is 335. The van der Waals surface area contributed by atoms with E-state index in [1.807, 2.05) is 18.2 Å². The second kappa shape index (κ2) is 2.47. The van der Waals surface area contributed by atoms with Gasteiger partial charge in [-0.3, -0.25) is 0 Å². The van der Waals surface area contributed by atoms with E-state index in [1.165, 1.54) is 0 Å². The van der Waals surface area contributed by atoms with E-state index in [-0.39, 0.29) is 0 Å². The number of rotatable bonds is 0. The molecule has 0 N–H and O–H groups in total. The zero-order valence-electron chi connectivity index (χ0n) is 5.56. The van der Waals surface area contributed by atoms with Crippen LogP contribution in [0.2, 0.25) is 0 Å². The molecule has 4 heteroatoms. The van der Waals surface area contributed by atoms with Crippen molar-refractivity contribution in [3.05, 3.63) is 29.8 Å². The van der Waals surface area contributed by atoms with E-state index in [9.17, 15) is 4.21 Å². The minimum absolute atomic E-state index is 0.626. The average molecular weight is 167 g/mol. The molecule has 56 valence electrons. The van der Waals surface area contributed by atoms with Gasteiger partial charge < -0.3 is 4.18 Å². The molecule has 1 aliphatic heterocycles. The maximum Gasteiger partial charge on any atom is 0.338 e. The van der Waals surface area contributed by atoms with Gasteiger partial charge in [-0.2, -0.15) is 8.61 Å². The number of para-hydroxylation sites is 1. The van der Waals surface area contributed by atoms with Gasteiger partial charge in [0.25, 0.3) is 0 Å². The lowest BCUT2D eigenvalue weighted by Crippen LogP contribution is -2.04. The molecule has 1 aromatic rings. The fourth-order valence-corrected chi connectivity index (χ4v) is 1.41. The molecule has 0 radical (unpaired) electrons. The third kappa shape index (κ3) is 1.17. The lowest BCUT2D eigenvalue weighted by molar-refractivity contribution is 0.560. The van der Waals surface area contributed by atoms with E-state index in [4.69, 9.17) is 4.18 Å². The number of hydrogen-bond donors (Lipinski definition) is 0. The fourth-order valence-electron chi connectivity index (χ4n) is 0.861. The summed E-state index contributed by atoms with van der Waals surface area (Å²) < 4.78 is 19.2. The molecule has 2 rings (SSSR count). The molecular weight excluding hydrogens is 162 g/mol. The van der Waals surface area contributed by atoms with E-state index < -0.39 is 11.3 Å². The largest absolute Gasteiger partial charge is 0.383 e. The van der Waals surface area contributed by atoms with Crippen LogP contribution < -0.4 is 4.18 Å². The number of nitrogens with zero attached hydrogens (tertiary/aromatic N) is 1. The van der Waals surface area contributed by atoms with Crippen molar-refractivity contribution in [2.75, 3.05) is 0 Å². The van der Waals surface area contributed by atoms with E-state index in [1.54, 1.807) is 12.3 Å². The quantitative estimate of drug-likeness (QED) is 0.580. The summed E-state index contributed by atoms with van der Waals surface area (Å²) in [6.45, 7) is 0.